The summed E-state index contributed by atoms with van der Waals surface area (Å²) in [5.41, 5.74) is 2.14. The zero-order valence-electron chi connectivity index (χ0n) is 16.6. The molecule has 1 saturated heterocycles. The van der Waals surface area contributed by atoms with Gasteiger partial charge in [0.1, 0.15) is 12.2 Å². The molecule has 1 aliphatic rings. The fourth-order valence-corrected chi connectivity index (χ4v) is 3.91. The Morgan fingerprint density at radius 2 is 1.59 bits per heavy atom. The average molecular weight is 396 g/mol. The van der Waals surface area contributed by atoms with Crippen LogP contribution in [0.15, 0.2) is 60.7 Å². The lowest BCUT2D eigenvalue weighted by Gasteiger charge is -2.30. The van der Waals surface area contributed by atoms with Crippen molar-refractivity contribution in [2.45, 2.75) is 50.6 Å². The van der Waals surface area contributed by atoms with Crippen molar-refractivity contribution in [2.24, 2.45) is 0 Å². The highest BCUT2D eigenvalue weighted by Crippen LogP contribution is 2.28. The van der Waals surface area contributed by atoms with E-state index < -0.39 is 12.3 Å². The lowest BCUT2D eigenvalue weighted by atomic mass is 10.0. The number of carbonyl (C=O) groups is 2. The van der Waals surface area contributed by atoms with Gasteiger partial charge in [0.2, 0.25) is 11.8 Å². The highest BCUT2D eigenvalue weighted by Gasteiger charge is 2.45. The summed E-state index contributed by atoms with van der Waals surface area (Å²) in [6.07, 6.45) is -0.120. The molecular weight excluding hydrogens is 368 g/mol. The molecule has 0 radical (unpaired) electrons. The molecule has 2 aromatic rings. The van der Waals surface area contributed by atoms with Gasteiger partial charge in [-0.25, -0.2) is 0 Å². The smallest absolute Gasteiger partial charge is 0.247 e. The zero-order valence-corrected chi connectivity index (χ0v) is 16.6. The van der Waals surface area contributed by atoms with Gasteiger partial charge in [-0.3, -0.25) is 9.59 Å². The fraction of sp³-hybridized carbons (Fsp3) is 0.391. The molecule has 0 bridgehead atoms. The minimum absolute atomic E-state index is 0.00802. The Balaban J connectivity index is 1.81. The molecular formula is C23H28N2O4. The van der Waals surface area contributed by atoms with Crippen LogP contribution in [0, 0.1) is 0 Å². The quantitative estimate of drug-likeness (QED) is 0.669. The van der Waals surface area contributed by atoms with Crippen LogP contribution in [-0.4, -0.2) is 57.4 Å². The topological polar surface area (TPSA) is 81.1 Å². The molecule has 2 amide bonds. The molecule has 29 heavy (non-hydrogen) atoms. The van der Waals surface area contributed by atoms with E-state index >= 15 is 0 Å². The van der Waals surface area contributed by atoms with Crippen LogP contribution in [-0.2, 0) is 22.4 Å². The van der Waals surface area contributed by atoms with Gasteiger partial charge >= 0.3 is 0 Å². The largest absolute Gasteiger partial charge is 0.368 e. The normalized spacial score (nSPS) is 19.2. The molecule has 154 valence electrons. The number of hydrogen-bond donors (Lipinski definition) is 2. The second kappa shape index (κ2) is 9.67. The summed E-state index contributed by atoms with van der Waals surface area (Å²) in [5, 5.41) is 18.3. The van der Waals surface area contributed by atoms with Crippen LogP contribution in [0.5, 0.6) is 0 Å². The number of likely N-dealkylation sites (N-methyl/N-ethyl adjacent to an activating group) is 1. The van der Waals surface area contributed by atoms with Crippen molar-refractivity contribution in [1.29, 1.82) is 0 Å². The maximum absolute atomic E-state index is 13.0. The molecule has 1 aliphatic heterocycles. The maximum atomic E-state index is 13.0. The van der Waals surface area contributed by atoms with Crippen molar-refractivity contribution >= 4 is 11.8 Å². The third kappa shape index (κ3) is 5.22. The number of aryl methyl sites for hydroxylation is 1. The number of benzene rings is 2. The Bertz CT molecular complexity index is 810. The van der Waals surface area contributed by atoms with Crippen LogP contribution in [0.2, 0.25) is 0 Å². The number of nitrogens with zero attached hydrogens (tertiary/aromatic N) is 2. The highest BCUT2D eigenvalue weighted by molar-refractivity contribution is 5.91. The number of rotatable bonds is 8. The lowest BCUT2D eigenvalue weighted by Crippen LogP contribution is -2.45. The molecule has 1 fully saturated rings. The minimum atomic E-state index is -1.54. The maximum Gasteiger partial charge on any atom is 0.247 e. The summed E-state index contributed by atoms with van der Waals surface area (Å²) in [7, 11) is 1.74. The first-order chi connectivity index (χ1) is 14.0. The summed E-state index contributed by atoms with van der Waals surface area (Å²) in [4.78, 5) is 29.3. The minimum Gasteiger partial charge on any atom is -0.368 e. The monoisotopic (exact) mass is 396 g/mol. The van der Waals surface area contributed by atoms with Gasteiger partial charge in [-0.1, -0.05) is 60.7 Å². The van der Waals surface area contributed by atoms with Crippen LogP contribution >= 0.6 is 0 Å². The first kappa shape index (κ1) is 21.0. The van der Waals surface area contributed by atoms with Crippen molar-refractivity contribution in [3.05, 3.63) is 71.8 Å². The Morgan fingerprint density at radius 1 is 1.00 bits per heavy atom. The SMILES string of the molecule is CN1C(=O)C(Cc2ccccc2)N(C(=O)CCC(O)O)C1CCc1ccccc1. The first-order valence-corrected chi connectivity index (χ1v) is 9.99. The van der Waals surface area contributed by atoms with Gasteiger partial charge in [0, 0.05) is 26.3 Å². The van der Waals surface area contributed by atoms with Crippen molar-refractivity contribution in [3.8, 4) is 0 Å². The van der Waals surface area contributed by atoms with Gasteiger partial charge in [0.25, 0.3) is 0 Å². The predicted octanol–water partition coefficient (Wildman–Crippen LogP) is 1.95. The molecule has 0 saturated carbocycles. The lowest BCUT2D eigenvalue weighted by molar-refractivity contribution is -0.138. The van der Waals surface area contributed by atoms with E-state index in [9.17, 15) is 19.8 Å². The van der Waals surface area contributed by atoms with Gasteiger partial charge in [-0.05, 0) is 24.0 Å². The van der Waals surface area contributed by atoms with Gasteiger partial charge < -0.3 is 20.0 Å². The number of aliphatic hydroxyl groups is 2. The second-order valence-corrected chi connectivity index (χ2v) is 7.48. The Kier molecular flexibility index (Phi) is 7.01. The van der Waals surface area contributed by atoms with Crippen LogP contribution in [0.25, 0.3) is 0 Å². The zero-order chi connectivity index (χ0) is 20.8. The fourth-order valence-electron chi connectivity index (χ4n) is 3.91. The summed E-state index contributed by atoms with van der Waals surface area (Å²) in [6, 6.07) is 19.0. The summed E-state index contributed by atoms with van der Waals surface area (Å²) >= 11 is 0. The molecule has 0 aliphatic carbocycles. The Hall–Kier alpha value is -2.70. The van der Waals surface area contributed by atoms with Crippen LogP contribution in [0.4, 0.5) is 0 Å². The second-order valence-electron chi connectivity index (χ2n) is 7.48. The van der Waals surface area contributed by atoms with Gasteiger partial charge in [0.05, 0.1) is 0 Å². The van der Waals surface area contributed by atoms with E-state index in [0.717, 1.165) is 17.5 Å². The van der Waals surface area contributed by atoms with Crippen molar-refractivity contribution < 1.29 is 19.8 Å². The van der Waals surface area contributed by atoms with Crippen molar-refractivity contribution in [3.63, 3.8) is 0 Å². The third-order valence-corrected chi connectivity index (χ3v) is 5.45. The van der Waals surface area contributed by atoms with E-state index in [1.165, 1.54) is 0 Å². The third-order valence-electron chi connectivity index (χ3n) is 5.45. The average Bonchev–Trinajstić information content (AvgIpc) is 2.96. The molecule has 1 heterocycles. The summed E-state index contributed by atoms with van der Waals surface area (Å²) in [5.74, 6) is -0.306. The van der Waals surface area contributed by atoms with Crippen LogP contribution < -0.4 is 0 Å². The molecule has 0 spiro atoms. The van der Waals surface area contributed by atoms with E-state index in [0.29, 0.717) is 12.8 Å². The van der Waals surface area contributed by atoms with Gasteiger partial charge in [-0.2, -0.15) is 0 Å². The summed E-state index contributed by atoms with van der Waals surface area (Å²) < 4.78 is 0. The number of carbonyl (C=O) groups excluding carboxylic acids is 2. The van der Waals surface area contributed by atoms with E-state index in [4.69, 9.17) is 0 Å². The van der Waals surface area contributed by atoms with E-state index in [-0.39, 0.29) is 30.8 Å². The number of amides is 2. The Labute approximate surface area is 171 Å². The van der Waals surface area contributed by atoms with Gasteiger partial charge in [-0.15, -0.1) is 0 Å². The number of hydrogen-bond acceptors (Lipinski definition) is 4. The van der Waals surface area contributed by atoms with Crippen LogP contribution in [0.1, 0.15) is 30.4 Å². The van der Waals surface area contributed by atoms with Crippen molar-refractivity contribution in [1.82, 2.24) is 9.80 Å². The standard InChI is InChI=1S/C23H28N2O4/c1-24-20(13-12-17-8-4-2-5-9-17)25(21(26)14-15-22(27)28)19(23(24)29)16-18-10-6-3-7-11-18/h2-11,19-20,22,27-28H,12-16H2,1H3. The summed E-state index contributed by atoms with van der Waals surface area (Å²) in [6.45, 7) is 0. The molecule has 2 unspecified atom stereocenters. The van der Waals surface area contributed by atoms with E-state index in [1.54, 1.807) is 16.8 Å². The van der Waals surface area contributed by atoms with Gasteiger partial charge in [0.15, 0.2) is 6.29 Å². The van der Waals surface area contributed by atoms with Crippen molar-refractivity contribution in [2.75, 3.05) is 7.05 Å². The molecule has 6 nitrogen and oxygen atoms in total. The predicted molar refractivity (Wildman–Crippen MR) is 110 cm³/mol. The highest BCUT2D eigenvalue weighted by atomic mass is 16.5. The molecule has 2 aromatic carbocycles. The van der Waals surface area contributed by atoms with E-state index in [1.807, 2.05) is 60.7 Å². The molecule has 2 N–H and O–H groups in total. The molecule has 3 rings (SSSR count). The molecule has 0 aromatic heterocycles. The van der Waals surface area contributed by atoms with Crippen LogP contribution in [0.3, 0.4) is 0 Å². The Morgan fingerprint density at radius 3 is 2.17 bits per heavy atom. The number of aliphatic hydroxyl groups excluding tert-OH is 1. The molecule has 2 atom stereocenters. The molecule has 6 heteroatoms. The van der Waals surface area contributed by atoms with E-state index in [2.05, 4.69) is 0 Å². The first-order valence-electron chi connectivity index (χ1n) is 9.99.